The quantitative estimate of drug-likeness (QED) is 0.600. The summed E-state index contributed by atoms with van der Waals surface area (Å²) < 4.78 is 2.18. The maximum atomic E-state index is 4.73. The van der Waals surface area contributed by atoms with Gasteiger partial charge in [0.25, 0.3) is 0 Å². The highest BCUT2D eigenvalue weighted by Gasteiger charge is 2.48. The van der Waals surface area contributed by atoms with Crippen molar-refractivity contribution < 1.29 is 4.58 Å². The summed E-state index contributed by atoms with van der Waals surface area (Å²) in [6.07, 6.45) is 8.68. The van der Waals surface area contributed by atoms with Crippen molar-refractivity contribution in [3.05, 3.63) is 89.6 Å². The second-order valence-electron chi connectivity index (χ2n) is 9.26. The van der Waals surface area contributed by atoms with Gasteiger partial charge in [0, 0.05) is 36.0 Å². The van der Waals surface area contributed by atoms with Crippen LogP contribution in [0, 0.1) is 0 Å². The SMILES string of the molecule is CN1C(=CC2=[N+](C)c3nccnc3C2(C)C)C(C)(Cc2ccccc2)c2cccnc21. The van der Waals surface area contributed by atoms with Gasteiger partial charge >= 0.3 is 5.82 Å². The average molecular weight is 411 g/mol. The Morgan fingerprint density at radius 2 is 1.68 bits per heavy atom. The minimum atomic E-state index is -0.234. The summed E-state index contributed by atoms with van der Waals surface area (Å²) in [5.74, 6) is 1.96. The Labute approximate surface area is 183 Å². The van der Waals surface area contributed by atoms with E-state index in [1.165, 1.54) is 22.5 Å². The largest absolute Gasteiger partial charge is 0.345 e. The van der Waals surface area contributed by atoms with Gasteiger partial charge in [0.15, 0.2) is 6.20 Å². The zero-order valence-electron chi connectivity index (χ0n) is 18.8. The van der Waals surface area contributed by atoms with E-state index in [-0.39, 0.29) is 10.8 Å². The van der Waals surface area contributed by atoms with Gasteiger partial charge in [-0.15, -0.1) is 0 Å². The second kappa shape index (κ2) is 6.84. The Morgan fingerprint density at radius 3 is 2.42 bits per heavy atom. The molecule has 0 amide bonds. The number of rotatable bonds is 3. The van der Waals surface area contributed by atoms with Crippen molar-refractivity contribution in [1.29, 1.82) is 0 Å². The third-order valence-corrected chi connectivity index (χ3v) is 6.89. The number of fused-ring (bicyclic) bond motifs is 2. The summed E-state index contributed by atoms with van der Waals surface area (Å²) in [6.45, 7) is 6.79. The molecule has 3 aromatic rings. The number of benzene rings is 1. The maximum absolute atomic E-state index is 4.73. The van der Waals surface area contributed by atoms with Crippen molar-refractivity contribution >= 4 is 17.3 Å². The Morgan fingerprint density at radius 1 is 0.935 bits per heavy atom. The van der Waals surface area contributed by atoms with E-state index in [4.69, 9.17) is 4.98 Å². The van der Waals surface area contributed by atoms with Crippen molar-refractivity contribution in [1.82, 2.24) is 15.0 Å². The van der Waals surface area contributed by atoms with Gasteiger partial charge in [-0.3, -0.25) is 0 Å². The number of allylic oxidation sites excluding steroid dienone is 2. The van der Waals surface area contributed by atoms with E-state index < -0.39 is 0 Å². The first-order valence-electron chi connectivity index (χ1n) is 10.7. The second-order valence-corrected chi connectivity index (χ2v) is 9.26. The van der Waals surface area contributed by atoms with Crippen LogP contribution in [0.15, 0.2) is 72.8 Å². The first kappa shape index (κ1) is 19.6. The molecule has 2 aliphatic rings. The molecule has 0 N–H and O–H groups in total. The van der Waals surface area contributed by atoms with E-state index >= 15 is 0 Å². The molecule has 2 aromatic heterocycles. The Balaban J connectivity index is 1.69. The molecule has 0 bridgehead atoms. The van der Waals surface area contributed by atoms with Crippen molar-refractivity contribution in [2.45, 2.75) is 38.0 Å². The molecule has 31 heavy (non-hydrogen) atoms. The number of nitrogens with zero attached hydrogens (tertiary/aromatic N) is 5. The van der Waals surface area contributed by atoms with Crippen LogP contribution in [0.25, 0.3) is 0 Å². The molecule has 1 unspecified atom stereocenters. The smallest absolute Gasteiger partial charge is 0.332 e. The molecule has 0 saturated carbocycles. The summed E-state index contributed by atoms with van der Waals surface area (Å²) >= 11 is 0. The molecular formula is C26H28N5+. The van der Waals surface area contributed by atoms with Crippen molar-refractivity contribution in [3.63, 3.8) is 0 Å². The number of aromatic nitrogens is 3. The van der Waals surface area contributed by atoms with Crippen LogP contribution in [0.5, 0.6) is 0 Å². The third kappa shape index (κ3) is 2.83. The van der Waals surface area contributed by atoms with Crippen LogP contribution in [0.3, 0.4) is 0 Å². The first-order valence-corrected chi connectivity index (χ1v) is 10.7. The highest BCUT2D eigenvalue weighted by atomic mass is 15.2. The molecule has 156 valence electrons. The van der Waals surface area contributed by atoms with E-state index in [2.05, 4.69) is 96.8 Å². The molecule has 5 heteroatoms. The van der Waals surface area contributed by atoms with Gasteiger partial charge in [-0.25, -0.2) is 14.5 Å². The number of hydrogen-bond acceptors (Lipinski definition) is 4. The Kier molecular flexibility index (Phi) is 4.33. The maximum Gasteiger partial charge on any atom is 0.345 e. The lowest BCUT2D eigenvalue weighted by Gasteiger charge is -2.29. The molecule has 4 heterocycles. The van der Waals surface area contributed by atoms with Gasteiger partial charge < -0.3 is 4.90 Å². The van der Waals surface area contributed by atoms with E-state index in [0.717, 1.165) is 23.8 Å². The minimum Gasteiger partial charge on any atom is -0.332 e. The topological polar surface area (TPSA) is 44.9 Å². The van der Waals surface area contributed by atoms with Crippen LogP contribution in [0.2, 0.25) is 0 Å². The van der Waals surface area contributed by atoms with Crippen molar-refractivity contribution in [2.75, 3.05) is 19.0 Å². The zero-order chi connectivity index (χ0) is 21.8. The van der Waals surface area contributed by atoms with E-state index in [1.807, 2.05) is 12.3 Å². The minimum absolute atomic E-state index is 0.195. The molecule has 2 aliphatic heterocycles. The number of hydrogen-bond donors (Lipinski definition) is 0. The summed E-state index contributed by atoms with van der Waals surface area (Å²) in [7, 11) is 4.21. The molecule has 0 spiro atoms. The fourth-order valence-corrected chi connectivity index (χ4v) is 5.24. The van der Waals surface area contributed by atoms with Crippen LogP contribution in [0.4, 0.5) is 11.6 Å². The van der Waals surface area contributed by atoms with Crippen LogP contribution in [-0.2, 0) is 17.3 Å². The molecular weight excluding hydrogens is 382 g/mol. The average Bonchev–Trinajstić information content (AvgIpc) is 3.10. The van der Waals surface area contributed by atoms with Crippen LogP contribution < -0.4 is 4.90 Å². The van der Waals surface area contributed by atoms with Crippen molar-refractivity contribution in [3.8, 4) is 0 Å². The van der Waals surface area contributed by atoms with E-state index in [9.17, 15) is 0 Å². The van der Waals surface area contributed by atoms with Crippen LogP contribution >= 0.6 is 0 Å². The number of anilines is 1. The van der Waals surface area contributed by atoms with Gasteiger partial charge in [0.1, 0.15) is 17.2 Å². The van der Waals surface area contributed by atoms with E-state index in [1.54, 1.807) is 12.4 Å². The third-order valence-electron chi connectivity index (χ3n) is 6.89. The lowest BCUT2D eigenvalue weighted by molar-refractivity contribution is -0.406. The molecule has 5 rings (SSSR count). The molecule has 0 saturated heterocycles. The standard InChI is InChI=1S/C26H28N5/c1-25(2)20(30(4)24-22(25)27-14-15-29-24)16-21-26(3,17-18-10-7-6-8-11-18)19-12-9-13-28-23(19)31(21)5/h6-16H,17H2,1-5H3/q+1. The van der Waals surface area contributed by atoms with Gasteiger partial charge in [0.05, 0.1) is 18.7 Å². The fourth-order valence-electron chi connectivity index (χ4n) is 5.24. The predicted molar refractivity (Wildman–Crippen MR) is 124 cm³/mol. The Bertz CT molecular complexity index is 1230. The monoisotopic (exact) mass is 410 g/mol. The number of likely N-dealkylation sites (N-methyl/N-ethyl adjacent to an activating group) is 1. The molecule has 0 fully saturated rings. The highest BCUT2D eigenvalue weighted by molar-refractivity contribution is 6.03. The molecule has 0 radical (unpaired) electrons. The zero-order valence-corrected chi connectivity index (χ0v) is 18.8. The van der Waals surface area contributed by atoms with E-state index in [0.29, 0.717) is 0 Å². The molecule has 5 nitrogen and oxygen atoms in total. The first-order chi connectivity index (χ1) is 14.8. The molecule has 0 aliphatic carbocycles. The van der Waals surface area contributed by atoms with Gasteiger partial charge in [-0.2, -0.15) is 0 Å². The normalized spacial score (nSPS) is 22.7. The van der Waals surface area contributed by atoms with Crippen molar-refractivity contribution in [2.24, 2.45) is 0 Å². The fraction of sp³-hybridized carbons (Fsp3) is 0.308. The summed E-state index contributed by atoms with van der Waals surface area (Å²) in [6, 6.07) is 15.0. The highest BCUT2D eigenvalue weighted by Crippen LogP contribution is 2.49. The lowest BCUT2D eigenvalue weighted by Crippen LogP contribution is -2.33. The van der Waals surface area contributed by atoms with Gasteiger partial charge in [0.2, 0.25) is 0 Å². The predicted octanol–water partition coefficient (Wildman–Crippen LogP) is 4.41. The van der Waals surface area contributed by atoms with Crippen LogP contribution in [0.1, 0.15) is 37.6 Å². The summed E-state index contributed by atoms with van der Waals surface area (Å²) in [4.78, 5) is 16.3. The van der Waals surface area contributed by atoms with Crippen LogP contribution in [-0.4, -0.2) is 39.3 Å². The lowest BCUT2D eigenvalue weighted by atomic mass is 9.75. The summed E-state index contributed by atoms with van der Waals surface area (Å²) in [5.41, 5.74) is 5.61. The Hall–Kier alpha value is -3.34. The van der Waals surface area contributed by atoms with Gasteiger partial charge in [-0.1, -0.05) is 36.4 Å². The van der Waals surface area contributed by atoms with Gasteiger partial charge in [-0.05, 0) is 43.8 Å². The molecule has 1 aromatic carbocycles. The number of pyridine rings is 1. The molecule has 1 atom stereocenters. The summed E-state index contributed by atoms with van der Waals surface area (Å²) in [5, 5.41) is 0.